The predicted molar refractivity (Wildman–Crippen MR) is 116 cm³/mol. The highest BCUT2D eigenvalue weighted by Gasteiger charge is 2.13. The Labute approximate surface area is 168 Å². The average molecular weight is 385 g/mol. The van der Waals surface area contributed by atoms with Gasteiger partial charge in [0.15, 0.2) is 0 Å². The number of hydrogen-bond acceptors (Lipinski definition) is 3. The van der Waals surface area contributed by atoms with Crippen molar-refractivity contribution in [1.29, 1.82) is 0 Å². The minimum atomic E-state index is -0.0603. The smallest absolute Gasteiger partial charge is 0.255 e. The summed E-state index contributed by atoms with van der Waals surface area (Å²) in [5.41, 5.74) is 6.25. The molecule has 0 aliphatic heterocycles. The number of benzene rings is 3. The van der Waals surface area contributed by atoms with E-state index in [1.807, 2.05) is 48.5 Å². The fraction of sp³-hybridized carbons (Fsp3) is 0.167. The number of aromatic nitrogens is 1. The Bertz CT molecular complexity index is 1150. The molecule has 4 heteroatoms. The molecule has 1 aliphatic rings. The Hall–Kier alpha value is -2.98. The molecule has 0 saturated heterocycles. The standard InChI is InChI=1S/C24H20N2OS/c27-23(18-13-12-16-6-1-2-7-17(16)14-18)25-20-9-5-8-19(15-20)24-26-21-10-3-4-11-22(21)28-24/h3-5,8-15H,1-2,6-7H2,(H,25,27). The molecule has 0 unspecified atom stereocenters. The number of para-hydroxylation sites is 1. The van der Waals surface area contributed by atoms with Crippen LogP contribution in [0.4, 0.5) is 5.69 Å². The fourth-order valence-corrected chi connectivity index (χ4v) is 4.77. The summed E-state index contributed by atoms with van der Waals surface area (Å²) in [6.45, 7) is 0. The average Bonchev–Trinajstić information content (AvgIpc) is 3.18. The summed E-state index contributed by atoms with van der Waals surface area (Å²) in [6.07, 6.45) is 4.66. The minimum absolute atomic E-state index is 0.0603. The van der Waals surface area contributed by atoms with Crippen molar-refractivity contribution >= 4 is 33.1 Å². The molecule has 1 aliphatic carbocycles. The van der Waals surface area contributed by atoms with Crippen LogP contribution in [0.3, 0.4) is 0 Å². The molecule has 0 spiro atoms. The van der Waals surface area contributed by atoms with E-state index in [0.29, 0.717) is 0 Å². The van der Waals surface area contributed by atoms with Gasteiger partial charge in [0, 0.05) is 16.8 Å². The first-order valence-electron chi connectivity index (χ1n) is 9.65. The van der Waals surface area contributed by atoms with Gasteiger partial charge >= 0.3 is 0 Å². The first kappa shape index (κ1) is 17.1. The molecule has 138 valence electrons. The second-order valence-electron chi connectivity index (χ2n) is 7.21. The molecular weight excluding hydrogens is 364 g/mol. The van der Waals surface area contributed by atoms with Crippen LogP contribution in [0.1, 0.15) is 34.3 Å². The number of nitrogens with zero attached hydrogens (tertiary/aromatic N) is 1. The second-order valence-corrected chi connectivity index (χ2v) is 8.24. The molecule has 28 heavy (non-hydrogen) atoms. The molecule has 0 radical (unpaired) electrons. The summed E-state index contributed by atoms with van der Waals surface area (Å²) in [7, 11) is 0. The molecule has 0 atom stereocenters. The molecule has 1 heterocycles. The van der Waals surface area contributed by atoms with Crippen LogP contribution in [-0.2, 0) is 12.8 Å². The third-order valence-corrected chi connectivity index (χ3v) is 6.36. The van der Waals surface area contributed by atoms with Crippen molar-refractivity contribution in [2.75, 3.05) is 5.32 Å². The SMILES string of the molecule is O=C(Nc1cccc(-c2nc3ccccc3s2)c1)c1ccc2c(c1)CCCC2. The van der Waals surface area contributed by atoms with Crippen LogP contribution in [0.5, 0.6) is 0 Å². The van der Waals surface area contributed by atoms with Crippen LogP contribution >= 0.6 is 11.3 Å². The van der Waals surface area contributed by atoms with Gasteiger partial charge in [0.05, 0.1) is 10.2 Å². The van der Waals surface area contributed by atoms with Crippen LogP contribution in [0.25, 0.3) is 20.8 Å². The molecule has 5 rings (SSSR count). The summed E-state index contributed by atoms with van der Waals surface area (Å²) in [5.74, 6) is -0.0603. The lowest BCUT2D eigenvalue weighted by atomic mass is 9.90. The first-order valence-corrected chi connectivity index (χ1v) is 10.5. The highest BCUT2D eigenvalue weighted by atomic mass is 32.1. The van der Waals surface area contributed by atoms with Crippen LogP contribution in [-0.4, -0.2) is 10.9 Å². The zero-order valence-electron chi connectivity index (χ0n) is 15.4. The van der Waals surface area contributed by atoms with Gasteiger partial charge in [-0.1, -0.05) is 30.3 Å². The highest BCUT2D eigenvalue weighted by molar-refractivity contribution is 7.21. The summed E-state index contributed by atoms with van der Waals surface area (Å²) in [5, 5.41) is 4.01. The maximum Gasteiger partial charge on any atom is 0.255 e. The lowest BCUT2D eigenvalue weighted by Crippen LogP contribution is -2.13. The van der Waals surface area contributed by atoms with Gasteiger partial charge < -0.3 is 5.32 Å². The molecule has 4 aromatic rings. The maximum atomic E-state index is 12.8. The Morgan fingerprint density at radius 3 is 2.64 bits per heavy atom. The third-order valence-electron chi connectivity index (χ3n) is 5.27. The van der Waals surface area contributed by atoms with Gasteiger partial charge in [-0.3, -0.25) is 4.79 Å². The van der Waals surface area contributed by atoms with E-state index in [2.05, 4.69) is 23.5 Å². The lowest BCUT2D eigenvalue weighted by molar-refractivity contribution is 0.102. The number of amides is 1. The van der Waals surface area contributed by atoms with Crippen molar-refractivity contribution in [3.8, 4) is 10.6 Å². The van der Waals surface area contributed by atoms with E-state index < -0.39 is 0 Å². The minimum Gasteiger partial charge on any atom is -0.322 e. The Balaban J connectivity index is 1.40. The van der Waals surface area contributed by atoms with E-state index in [1.165, 1.54) is 28.7 Å². The van der Waals surface area contributed by atoms with E-state index >= 15 is 0 Å². The summed E-state index contributed by atoms with van der Waals surface area (Å²) >= 11 is 1.67. The molecule has 0 fully saturated rings. The number of hydrogen-bond donors (Lipinski definition) is 1. The normalized spacial score (nSPS) is 13.3. The zero-order valence-corrected chi connectivity index (χ0v) is 16.3. The molecule has 1 amide bonds. The number of nitrogens with one attached hydrogen (secondary N) is 1. The number of carbonyl (C=O) groups excluding carboxylic acids is 1. The molecule has 3 nitrogen and oxygen atoms in total. The van der Waals surface area contributed by atoms with E-state index in [0.717, 1.165) is 40.2 Å². The molecule has 1 aromatic heterocycles. The van der Waals surface area contributed by atoms with Crippen LogP contribution in [0.15, 0.2) is 66.7 Å². The summed E-state index contributed by atoms with van der Waals surface area (Å²) < 4.78 is 1.17. The quantitative estimate of drug-likeness (QED) is 0.464. The summed E-state index contributed by atoms with van der Waals surface area (Å²) in [6, 6.07) is 22.2. The van der Waals surface area contributed by atoms with Crippen LogP contribution in [0, 0.1) is 0 Å². The van der Waals surface area contributed by atoms with Crippen molar-refractivity contribution in [1.82, 2.24) is 4.98 Å². The third kappa shape index (κ3) is 3.32. The van der Waals surface area contributed by atoms with Gasteiger partial charge in [0.25, 0.3) is 5.91 Å². The molecule has 0 bridgehead atoms. The Kier molecular flexibility index (Phi) is 4.41. The van der Waals surface area contributed by atoms with Crippen LogP contribution in [0.2, 0.25) is 0 Å². The maximum absolute atomic E-state index is 12.8. The Morgan fingerprint density at radius 2 is 1.75 bits per heavy atom. The second kappa shape index (κ2) is 7.21. The van der Waals surface area contributed by atoms with Crippen LogP contribution < -0.4 is 5.32 Å². The van der Waals surface area contributed by atoms with E-state index in [1.54, 1.807) is 11.3 Å². The highest BCUT2D eigenvalue weighted by Crippen LogP contribution is 2.31. The van der Waals surface area contributed by atoms with Crippen molar-refractivity contribution in [2.24, 2.45) is 0 Å². The van der Waals surface area contributed by atoms with Crippen molar-refractivity contribution in [3.63, 3.8) is 0 Å². The van der Waals surface area contributed by atoms with Gasteiger partial charge in [0.2, 0.25) is 0 Å². The van der Waals surface area contributed by atoms with E-state index in [-0.39, 0.29) is 5.91 Å². The van der Waals surface area contributed by atoms with Gasteiger partial charge in [0.1, 0.15) is 5.01 Å². The summed E-state index contributed by atoms with van der Waals surface area (Å²) in [4.78, 5) is 17.5. The van der Waals surface area contributed by atoms with Gasteiger partial charge in [-0.05, 0) is 73.2 Å². The number of anilines is 1. The zero-order chi connectivity index (χ0) is 18.9. The molecule has 0 saturated carbocycles. The monoisotopic (exact) mass is 384 g/mol. The van der Waals surface area contributed by atoms with Crippen molar-refractivity contribution in [3.05, 3.63) is 83.4 Å². The molecule has 1 N–H and O–H groups in total. The van der Waals surface area contributed by atoms with Gasteiger partial charge in [-0.15, -0.1) is 11.3 Å². The number of fused-ring (bicyclic) bond motifs is 2. The van der Waals surface area contributed by atoms with Gasteiger partial charge in [-0.25, -0.2) is 4.98 Å². The molecule has 3 aromatic carbocycles. The van der Waals surface area contributed by atoms with Crippen molar-refractivity contribution < 1.29 is 4.79 Å². The lowest BCUT2D eigenvalue weighted by Gasteiger charge is -2.16. The van der Waals surface area contributed by atoms with Crippen molar-refractivity contribution in [2.45, 2.75) is 25.7 Å². The largest absolute Gasteiger partial charge is 0.322 e. The number of rotatable bonds is 3. The number of carbonyl (C=O) groups is 1. The topological polar surface area (TPSA) is 42.0 Å². The fourth-order valence-electron chi connectivity index (χ4n) is 3.80. The number of thiazole rings is 1. The van der Waals surface area contributed by atoms with E-state index in [4.69, 9.17) is 4.98 Å². The van der Waals surface area contributed by atoms with E-state index in [9.17, 15) is 4.79 Å². The number of aryl methyl sites for hydroxylation is 2. The van der Waals surface area contributed by atoms with Gasteiger partial charge in [-0.2, -0.15) is 0 Å². The Morgan fingerprint density at radius 1 is 0.893 bits per heavy atom. The molecular formula is C24H20N2OS. The first-order chi connectivity index (χ1) is 13.8. The predicted octanol–water partition coefficient (Wildman–Crippen LogP) is 6.09.